The van der Waals surface area contributed by atoms with Crippen LogP contribution in [0.2, 0.25) is 0 Å². The van der Waals surface area contributed by atoms with Crippen LogP contribution in [0.5, 0.6) is 0 Å². The fourth-order valence-corrected chi connectivity index (χ4v) is 2.08. The minimum Gasteiger partial charge on any atom is -0.455 e. The average Bonchev–Trinajstić information content (AvgIpc) is 2.65. The van der Waals surface area contributed by atoms with Gasteiger partial charge in [0.2, 0.25) is 0 Å². The predicted molar refractivity (Wildman–Crippen MR) is 89.5 cm³/mol. The van der Waals surface area contributed by atoms with Crippen LogP contribution in [-0.4, -0.2) is 27.7 Å². The molecule has 0 fully saturated rings. The number of rotatable bonds is 1. The van der Waals surface area contributed by atoms with Gasteiger partial charge in [-0.05, 0) is 68.5 Å². The van der Waals surface area contributed by atoms with Gasteiger partial charge in [-0.1, -0.05) is 0 Å². The Bertz CT molecular complexity index is 659. The van der Waals surface area contributed by atoms with Gasteiger partial charge in [0.05, 0.1) is 5.52 Å². The number of fused-ring (bicyclic) bond motifs is 1. The van der Waals surface area contributed by atoms with Gasteiger partial charge in [0.15, 0.2) is 5.69 Å². The van der Waals surface area contributed by atoms with Crippen LogP contribution in [0, 0.1) is 3.57 Å². The summed E-state index contributed by atoms with van der Waals surface area (Å²) in [6.07, 6.45) is 0.750. The molecule has 1 aromatic carbocycles. The van der Waals surface area contributed by atoms with E-state index in [4.69, 9.17) is 15.4 Å². The van der Waals surface area contributed by atoms with E-state index in [0.29, 0.717) is 10.9 Å². The number of nitrogen functional groups attached to an aromatic ring is 1. The first-order chi connectivity index (χ1) is 9.69. The third-order valence-corrected chi connectivity index (χ3v) is 2.93. The van der Waals surface area contributed by atoms with Crippen LogP contribution in [0.4, 0.5) is 0 Å². The minimum absolute atomic E-state index is 0.251. The van der Waals surface area contributed by atoms with E-state index in [2.05, 4.69) is 27.7 Å². The van der Waals surface area contributed by atoms with Crippen molar-refractivity contribution in [3.63, 3.8) is 0 Å². The summed E-state index contributed by atoms with van der Waals surface area (Å²) in [5.74, 6) is 5.26. The van der Waals surface area contributed by atoms with Crippen molar-refractivity contribution in [3.05, 3.63) is 27.5 Å². The Morgan fingerprint density at radius 3 is 2.52 bits per heavy atom. The normalized spacial score (nSPS) is 10.7. The highest BCUT2D eigenvalue weighted by Crippen LogP contribution is 2.22. The number of esters is 1. The van der Waals surface area contributed by atoms with Crippen LogP contribution in [-0.2, 0) is 9.53 Å². The summed E-state index contributed by atoms with van der Waals surface area (Å²) in [6, 6.07) is 5.61. The molecule has 0 saturated heterocycles. The first-order valence-corrected chi connectivity index (χ1v) is 7.34. The van der Waals surface area contributed by atoms with E-state index >= 15 is 0 Å². The van der Waals surface area contributed by atoms with Crippen molar-refractivity contribution in [1.29, 1.82) is 0 Å². The Hall–Kier alpha value is -1.64. The number of aromatic nitrogens is 2. The molecule has 0 spiro atoms. The van der Waals surface area contributed by atoms with Crippen LogP contribution >= 0.6 is 22.6 Å². The number of hydrogen-bond acceptors (Lipinski definition) is 5. The van der Waals surface area contributed by atoms with Gasteiger partial charge in [0.25, 0.3) is 0 Å². The van der Waals surface area contributed by atoms with Crippen molar-refractivity contribution in [1.82, 2.24) is 9.89 Å². The summed E-state index contributed by atoms with van der Waals surface area (Å²) in [4.78, 5) is 22.0. The van der Waals surface area contributed by atoms with E-state index < -0.39 is 11.6 Å². The Labute approximate surface area is 136 Å². The van der Waals surface area contributed by atoms with Crippen LogP contribution < -0.4 is 5.84 Å². The molecule has 0 bridgehead atoms. The van der Waals surface area contributed by atoms with Crippen molar-refractivity contribution < 1.29 is 14.3 Å². The molecular formula is C14H18IN3O3. The monoisotopic (exact) mass is 403 g/mol. The average molecular weight is 403 g/mol. The van der Waals surface area contributed by atoms with Gasteiger partial charge in [-0.3, -0.25) is 0 Å². The molecule has 2 aromatic rings. The second-order valence-corrected chi connectivity index (χ2v) is 6.44. The number of carbonyl (C=O) groups is 2. The second-order valence-electron chi connectivity index (χ2n) is 5.19. The SMILES string of the molecule is CC(C)(C)OC(=O)c1nn(N)c2ccc(I)cc12.CC=O. The maximum atomic E-state index is 12.0. The summed E-state index contributed by atoms with van der Waals surface area (Å²) >= 11 is 2.18. The number of benzene rings is 1. The molecule has 0 unspecified atom stereocenters. The third-order valence-electron chi connectivity index (χ3n) is 2.26. The first kappa shape index (κ1) is 17.4. The standard InChI is InChI=1S/C12H14IN3O2.C2H4O/c1-12(2,3)18-11(17)10-8-6-7(13)4-5-9(8)16(14)15-10;1-2-3/h4-6H,14H2,1-3H3;2H,1H3. The molecule has 2 rings (SSSR count). The molecule has 0 atom stereocenters. The van der Waals surface area contributed by atoms with Crippen molar-refractivity contribution in [2.75, 3.05) is 5.84 Å². The van der Waals surface area contributed by atoms with E-state index in [9.17, 15) is 4.79 Å². The summed E-state index contributed by atoms with van der Waals surface area (Å²) in [7, 11) is 0. The molecule has 114 valence electrons. The van der Waals surface area contributed by atoms with Gasteiger partial charge in [0, 0.05) is 8.96 Å². The molecule has 0 aliphatic rings. The molecule has 1 heterocycles. The molecule has 7 heteroatoms. The molecule has 1 aromatic heterocycles. The molecule has 21 heavy (non-hydrogen) atoms. The van der Waals surface area contributed by atoms with Crippen molar-refractivity contribution >= 4 is 45.7 Å². The second kappa shape index (κ2) is 6.88. The molecule has 2 N–H and O–H groups in total. The lowest BCUT2D eigenvalue weighted by Gasteiger charge is -2.18. The van der Waals surface area contributed by atoms with E-state index in [-0.39, 0.29) is 5.69 Å². The number of nitrogens with two attached hydrogens (primary N) is 1. The number of hydrogen-bond donors (Lipinski definition) is 1. The highest BCUT2D eigenvalue weighted by Gasteiger charge is 2.23. The quantitative estimate of drug-likeness (QED) is 0.342. The lowest BCUT2D eigenvalue weighted by molar-refractivity contribution is -0.106. The lowest BCUT2D eigenvalue weighted by Crippen LogP contribution is -2.24. The topological polar surface area (TPSA) is 87.2 Å². The van der Waals surface area contributed by atoms with Crippen LogP contribution in [0.3, 0.4) is 0 Å². The number of ether oxygens (including phenoxy) is 1. The van der Waals surface area contributed by atoms with Gasteiger partial charge < -0.3 is 15.4 Å². The molecule has 0 aliphatic carbocycles. The van der Waals surface area contributed by atoms with Crippen LogP contribution in [0.25, 0.3) is 10.9 Å². The fraction of sp³-hybridized carbons (Fsp3) is 0.357. The van der Waals surface area contributed by atoms with Crippen LogP contribution in [0.1, 0.15) is 38.2 Å². The van der Waals surface area contributed by atoms with Gasteiger partial charge in [-0.2, -0.15) is 4.79 Å². The summed E-state index contributed by atoms with van der Waals surface area (Å²) in [6.45, 7) is 6.89. The Kier molecular flexibility index (Phi) is 5.70. The van der Waals surface area contributed by atoms with Crippen molar-refractivity contribution in [3.8, 4) is 0 Å². The predicted octanol–water partition coefficient (Wildman–Crippen LogP) is 2.52. The highest BCUT2D eigenvalue weighted by atomic mass is 127. The van der Waals surface area contributed by atoms with Gasteiger partial charge in [0.1, 0.15) is 11.9 Å². The molecule has 0 aliphatic heterocycles. The zero-order valence-electron chi connectivity index (χ0n) is 12.4. The minimum atomic E-state index is -0.552. The number of nitrogens with zero attached hydrogens (tertiary/aromatic N) is 2. The molecule has 0 amide bonds. The van der Waals surface area contributed by atoms with Gasteiger partial charge in [-0.15, -0.1) is 5.10 Å². The van der Waals surface area contributed by atoms with E-state index in [1.54, 1.807) is 0 Å². The summed E-state index contributed by atoms with van der Waals surface area (Å²) in [5, 5.41) is 4.74. The van der Waals surface area contributed by atoms with E-state index in [1.807, 2.05) is 39.0 Å². The Morgan fingerprint density at radius 1 is 1.43 bits per heavy atom. The zero-order chi connectivity index (χ0) is 16.2. The fourth-order valence-electron chi connectivity index (χ4n) is 1.59. The first-order valence-electron chi connectivity index (χ1n) is 6.26. The number of carbonyl (C=O) groups excluding carboxylic acids is 2. The van der Waals surface area contributed by atoms with Crippen molar-refractivity contribution in [2.24, 2.45) is 0 Å². The lowest BCUT2D eigenvalue weighted by atomic mass is 10.2. The Morgan fingerprint density at radius 2 is 2.00 bits per heavy atom. The maximum absolute atomic E-state index is 12.0. The maximum Gasteiger partial charge on any atom is 0.360 e. The molecule has 0 saturated carbocycles. The largest absolute Gasteiger partial charge is 0.455 e. The Balaban J connectivity index is 0.000000677. The number of halogens is 1. The molecule has 0 radical (unpaired) electrons. The zero-order valence-corrected chi connectivity index (χ0v) is 14.5. The summed E-state index contributed by atoms with van der Waals surface area (Å²) < 4.78 is 6.32. The number of aldehydes is 1. The van der Waals surface area contributed by atoms with Crippen molar-refractivity contribution in [2.45, 2.75) is 33.3 Å². The van der Waals surface area contributed by atoms with Gasteiger partial charge in [-0.25, -0.2) is 4.79 Å². The van der Waals surface area contributed by atoms with Gasteiger partial charge >= 0.3 is 5.97 Å². The summed E-state index contributed by atoms with van der Waals surface area (Å²) in [5.41, 5.74) is 0.404. The molecular weight excluding hydrogens is 385 g/mol. The van der Waals surface area contributed by atoms with E-state index in [0.717, 1.165) is 9.86 Å². The van der Waals surface area contributed by atoms with Crippen LogP contribution in [0.15, 0.2) is 18.2 Å². The smallest absolute Gasteiger partial charge is 0.360 e. The van der Waals surface area contributed by atoms with E-state index in [1.165, 1.54) is 11.7 Å². The third kappa shape index (κ3) is 4.69. The highest BCUT2D eigenvalue weighted by molar-refractivity contribution is 14.1. The molecule has 6 nitrogen and oxygen atoms in total.